The van der Waals surface area contributed by atoms with Crippen molar-refractivity contribution < 1.29 is 9.18 Å². The molecule has 0 radical (unpaired) electrons. The van der Waals surface area contributed by atoms with Crippen molar-refractivity contribution in [2.45, 2.75) is 34.7 Å². The SMILES string of the molecule is O=C(Nc1ccnc(Sc2ccccn2)c1)C1(c2ccc(F)cc2)CCC1. The minimum atomic E-state index is -0.578. The van der Waals surface area contributed by atoms with E-state index in [4.69, 9.17) is 0 Å². The zero-order valence-corrected chi connectivity index (χ0v) is 15.4. The van der Waals surface area contributed by atoms with E-state index < -0.39 is 5.41 Å². The van der Waals surface area contributed by atoms with Gasteiger partial charge in [0, 0.05) is 18.1 Å². The Balaban J connectivity index is 1.52. The minimum Gasteiger partial charge on any atom is -0.325 e. The summed E-state index contributed by atoms with van der Waals surface area (Å²) in [6.07, 6.45) is 5.93. The first-order chi connectivity index (χ1) is 13.2. The highest BCUT2D eigenvalue weighted by atomic mass is 32.2. The summed E-state index contributed by atoms with van der Waals surface area (Å²) in [7, 11) is 0. The van der Waals surface area contributed by atoms with E-state index in [-0.39, 0.29) is 11.7 Å². The quantitative estimate of drug-likeness (QED) is 0.690. The Kier molecular flexibility index (Phi) is 4.90. The highest BCUT2D eigenvalue weighted by molar-refractivity contribution is 7.99. The first-order valence-corrected chi connectivity index (χ1v) is 9.60. The highest BCUT2D eigenvalue weighted by Gasteiger charge is 2.45. The van der Waals surface area contributed by atoms with Gasteiger partial charge in [0.05, 0.1) is 5.41 Å². The monoisotopic (exact) mass is 379 g/mol. The molecule has 1 amide bonds. The molecule has 1 aliphatic carbocycles. The number of benzene rings is 1. The minimum absolute atomic E-state index is 0.0552. The number of rotatable bonds is 5. The predicted molar refractivity (Wildman–Crippen MR) is 103 cm³/mol. The zero-order valence-electron chi connectivity index (χ0n) is 14.6. The van der Waals surface area contributed by atoms with Gasteiger partial charge in [0.15, 0.2) is 0 Å². The van der Waals surface area contributed by atoms with Crippen LogP contribution in [0.2, 0.25) is 0 Å². The Bertz CT molecular complexity index is 943. The largest absolute Gasteiger partial charge is 0.325 e. The van der Waals surface area contributed by atoms with E-state index in [1.807, 2.05) is 24.3 Å². The van der Waals surface area contributed by atoms with E-state index >= 15 is 0 Å². The molecular formula is C21H18FN3OS. The lowest BCUT2D eigenvalue weighted by Crippen LogP contribution is -2.46. The molecule has 1 fully saturated rings. The van der Waals surface area contributed by atoms with E-state index in [0.717, 1.165) is 34.9 Å². The normalized spacial score (nSPS) is 15.0. The number of carbonyl (C=O) groups excluding carboxylic acids is 1. The third-order valence-corrected chi connectivity index (χ3v) is 5.76. The fraction of sp³-hybridized carbons (Fsp3) is 0.190. The van der Waals surface area contributed by atoms with Crippen molar-refractivity contribution in [2.75, 3.05) is 5.32 Å². The molecular weight excluding hydrogens is 361 g/mol. The van der Waals surface area contributed by atoms with Crippen LogP contribution in [0.3, 0.4) is 0 Å². The Labute approximate surface area is 161 Å². The maximum absolute atomic E-state index is 13.3. The molecule has 1 saturated carbocycles. The van der Waals surface area contributed by atoms with E-state index in [1.54, 1.807) is 30.6 Å². The van der Waals surface area contributed by atoms with Gasteiger partial charge in [-0.3, -0.25) is 4.79 Å². The molecule has 4 rings (SSSR count). The van der Waals surface area contributed by atoms with Gasteiger partial charge in [-0.25, -0.2) is 14.4 Å². The van der Waals surface area contributed by atoms with E-state index in [0.29, 0.717) is 5.69 Å². The molecule has 0 saturated heterocycles. The molecule has 0 unspecified atom stereocenters. The molecule has 0 aliphatic heterocycles. The summed E-state index contributed by atoms with van der Waals surface area (Å²) in [5.74, 6) is -0.348. The van der Waals surface area contributed by atoms with Crippen LogP contribution in [0.5, 0.6) is 0 Å². The van der Waals surface area contributed by atoms with Crippen molar-refractivity contribution in [3.63, 3.8) is 0 Å². The van der Waals surface area contributed by atoms with Crippen LogP contribution in [-0.2, 0) is 10.2 Å². The van der Waals surface area contributed by atoms with Gasteiger partial charge in [-0.2, -0.15) is 0 Å². The summed E-state index contributed by atoms with van der Waals surface area (Å²) in [6, 6.07) is 15.6. The number of halogens is 1. The fourth-order valence-electron chi connectivity index (χ4n) is 3.25. The molecule has 0 spiro atoms. The smallest absolute Gasteiger partial charge is 0.235 e. The van der Waals surface area contributed by atoms with E-state index in [2.05, 4.69) is 15.3 Å². The number of nitrogens with zero attached hydrogens (tertiary/aromatic N) is 2. The molecule has 1 aliphatic rings. The van der Waals surface area contributed by atoms with Gasteiger partial charge in [0.2, 0.25) is 5.91 Å². The van der Waals surface area contributed by atoms with E-state index in [9.17, 15) is 9.18 Å². The van der Waals surface area contributed by atoms with Crippen molar-refractivity contribution in [1.82, 2.24) is 9.97 Å². The number of pyridine rings is 2. The summed E-state index contributed by atoms with van der Waals surface area (Å²) < 4.78 is 13.3. The Morgan fingerprint density at radius 1 is 1.00 bits per heavy atom. The van der Waals surface area contributed by atoms with Crippen molar-refractivity contribution >= 4 is 23.4 Å². The predicted octanol–water partition coefficient (Wildman–Crippen LogP) is 4.83. The van der Waals surface area contributed by atoms with Crippen molar-refractivity contribution in [2.24, 2.45) is 0 Å². The maximum Gasteiger partial charge on any atom is 0.235 e. The lowest BCUT2D eigenvalue weighted by molar-refractivity contribution is -0.124. The molecule has 2 aromatic heterocycles. The lowest BCUT2D eigenvalue weighted by atomic mass is 9.64. The molecule has 27 heavy (non-hydrogen) atoms. The van der Waals surface area contributed by atoms with Crippen LogP contribution < -0.4 is 5.32 Å². The van der Waals surface area contributed by atoms with Gasteiger partial charge in [0.1, 0.15) is 15.9 Å². The Hall–Kier alpha value is -2.73. The molecule has 0 atom stereocenters. The average Bonchev–Trinajstić information content (AvgIpc) is 2.63. The summed E-state index contributed by atoms with van der Waals surface area (Å²) in [6.45, 7) is 0. The third-order valence-electron chi connectivity index (χ3n) is 4.88. The molecule has 1 aromatic carbocycles. The first-order valence-electron chi connectivity index (χ1n) is 8.78. The second-order valence-corrected chi connectivity index (χ2v) is 7.59. The number of anilines is 1. The zero-order chi connectivity index (χ0) is 18.7. The first kappa shape index (κ1) is 17.7. The summed E-state index contributed by atoms with van der Waals surface area (Å²) >= 11 is 1.44. The number of hydrogen-bond donors (Lipinski definition) is 1. The van der Waals surface area contributed by atoms with Crippen LogP contribution in [0.1, 0.15) is 24.8 Å². The molecule has 6 heteroatoms. The van der Waals surface area contributed by atoms with Crippen molar-refractivity contribution in [1.29, 1.82) is 0 Å². The topological polar surface area (TPSA) is 54.9 Å². The summed E-state index contributed by atoms with van der Waals surface area (Å²) in [5.41, 5.74) is 0.984. The number of hydrogen-bond acceptors (Lipinski definition) is 4. The van der Waals surface area contributed by atoms with Gasteiger partial charge in [0.25, 0.3) is 0 Å². The maximum atomic E-state index is 13.3. The second-order valence-electron chi connectivity index (χ2n) is 6.55. The molecule has 3 aromatic rings. The standard InChI is InChI=1S/C21H18FN3OS/c22-16-7-5-15(6-8-16)21(10-3-11-21)20(26)25-17-9-13-24-19(14-17)27-18-4-1-2-12-23-18/h1-2,4-9,12-14H,3,10-11H2,(H,24,25,26). The molecule has 136 valence electrons. The summed E-state index contributed by atoms with van der Waals surface area (Å²) in [4.78, 5) is 21.6. The van der Waals surface area contributed by atoms with Gasteiger partial charge in [-0.15, -0.1) is 0 Å². The fourth-order valence-corrected chi connectivity index (χ4v) is 4.03. The van der Waals surface area contributed by atoms with E-state index in [1.165, 1.54) is 23.9 Å². The molecule has 4 nitrogen and oxygen atoms in total. The second kappa shape index (κ2) is 7.48. The Morgan fingerprint density at radius 3 is 2.44 bits per heavy atom. The lowest BCUT2D eigenvalue weighted by Gasteiger charge is -2.40. The van der Waals surface area contributed by atoms with Gasteiger partial charge < -0.3 is 5.32 Å². The van der Waals surface area contributed by atoms with Gasteiger partial charge in [-0.1, -0.05) is 36.4 Å². The number of aromatic nitrogens is 2. The van der Waals surface area contributed by atoms with Crippen molar-refractivity contribution in [3.05, 3.63) is 78.4 Å². The van der Waals surface area contributed by atoms with Gasteiger partial charge >= 0.3 is 0 Å². The Morgan fingerprint density at radius 2 is 1.78 bits per heavy atom. The number of carbonyl (C=O) groups is 1. The summed E-state index contributed by atoms with van der Waals surface area (Å²) in [5, 5.41) is 4.62. The molecule has 2 heterocycles. The number of nitrogens with one attached hydrogen (secondary N) is 1. The van der Waals surface area contributed by atoms with Crippen LogP contribution in [0.4, 0.5) is 10.1 Å². The third kappa shape index (κ3) is 3.71. The van der Waals surface area contributed by atoms with Crippen LogP contribution in [0, 0.1) is 5.82 Å². The van der Waals surface area contributed by atoms with Crippen LogP contribution in [0.25, 0.3) is 0 Å². The van der Waals surface area contributed by atoms with Crippen LogP contribution >= 0.6 is 11.8 Å². The van der Waals surface area contributed by atoms with Crippen molar-refractivity contribution in [3.8, 4) is 0 Å². The number of amides is 1. The van der Waals surface area contributed by atoms with Gasteiger partial charge in [-0.05, 0) is 54.8 Å². The van der Waals surface area contributed by atoms with Crippen LogP contribution in [-0.4, -0.2) is 15.9 Å². The average molecular weight is 379 g/mol. The highest BCUT2D eigenvalue weighted by Crippen LogP contribution is 2.44. The van der Waals surface area contributed by atoms with Crippen LogP contribution in [0.15, 0.2) is 77.0 Å². The molecule has 1 N–H and O–H groups in total. The molecule has 0 bridgehead atoms.